The number of carbonyl (C=O) groups is 2. The maximum absolute atomic E-state index is 12.5. The van der Waals surface area contributed by atoms with Gasteiger partial charge in [-0.15, -0.1) is 0 Å². The van der Waals surface area contributed by atoms with Gasteiger partial charge in [-0.05, 0) is 48.5 Å². The smallest absolute Gasteiger partial charge is 0.196 e. The van der Waals surface area contributed by atoms with Gasteiger partial charge in [-0.1, -0.05) is 42.5 Å². The molecule has 0 unspecified atom stereocenters. The highest BCUT2D eigenvalue weighted by Gasteiger charge is 2.16. The van der Waals surface area contributed by atoms with E-state index < -0.39 is 6.10 Å². The van der Waals surface area contributed by atoms with Crippen LogP contribution in [0.3, 0.4) is 0 Å². The Morgan fingerprint density at radius 3 is 1.78 bits per heavy atom. The molecule has 0 saturated heterocycles. The molecule has 0 aliphatic heterocycles. The van der Waals surface area contributed by atoms with E-state index >= 15 is 0 Å². The number of rotatable bonds is 10. The van der Waals surface area contributed by atoms with E-state index in [9.17, 15) is 24.9 Å². The van der Waals surface area contributed by atoms with Gasteiger partial charge < -0.3 is 24.8 Å². The van der Waals surface area contributed by atoms with Gasteiger partial charge in [-0.25, -0.2) is 0 Å². The number of aliphatic hydroxyl groups is 1. The van der Waals surface area contributed by atoms with Gasteiger partial charge in [-0.3, -0.25) is 9.59 Å². The average Bonchev–Trinajstić information content (AvgIpc) is 2.91. The van der Waals surface area contributed by atoms with Gasteiger partial charge >= 0.3 is 0 Å². The number of para-hydroxylation sites is 1. The monoisotopic (exact) mass is 484 g/mol. The summed E-state index contributed by atoms with van der Waals surface area (Å²) in [6, 6.07) is 25.6. The van der Waals surface area contributed by atoms with Gasteiger partial charge in [0.25, 0.3) is 0 Å². The first-order valence-electron chi connectivity index (χ1n) is 11.2. The van der Waals surface area contributed by atoms with E-state index in [4.69, 9.17) is 9.47 Å². The fourth-order valence-corrected chi connectivity index (χ4v) is 3.49. The van der Waals surface area contributed by atoms with Crippen LogP contribution in [0.15, 0.2) is 97.1 Å². The van der Waals surface area contributed by atoms with Gasteiger partial charge in [0, 0.05) is 17.2 Å². The summed E-state index contributed by atoms with van der Waals surface area (Å²) in [5, 5.41) is 30.3. The minimum atomic E-state index is -0.972. The molecule has 4 rings (SSSR count). The second-order valence-corrected chi connectivity index (χ2v) is 8.02. The third-order valence-corrected chi connectivity index (χ3v) is 5.40. The molecule has 0 aromatic heterocycles. The van der Waals surface area contributed by atoms with Crippen molar-refractivity contribution in [1.29, 1.82) is 0 Å². The predicted octanol–water partition coefficient (Wildman–Crippen LogP) is 4.38. The zero-order valence-corrected chi connectivity index (χ0v) is 19.2. The van der Waals surface area contributed by atoms with Crippen molar-refractivity contribution in [1.82, 2.24) is 0 Å². The molecule has 36 heavy (non-hydrogen) atoms. The summed E-state index contributed by atoms with van der Waals surface area (Å²) in [6.45, 7) is -0.168. The zero-order valence-electron chi connectivity index (χ0n) is 19.2. The topological polar surface area (TPSA) is 113 Å². The molecule has 7 nitrogen and oxygen atoms in total. The molecule has 0 aliphatic rings. The summed E-state index contributed by atoms with van der Waals surface area (Å²) < 4.78 is 11.1. The minimum Gasteiger partial charge on any atom is -0.507 e. The first-order chi connectivity index (χ1) is 17.4. The highest BCUT2D eigenvalue weighted by Crippen LogP contribution is 2.26. The fourth-order valence-electron chi connectivity index (χ4n) is 3.49. The molecule has 4 aromatic carbocycles. The molecular formula is C29H24O7. The van der Waals surface area contributed by atoms with Gasteiger partial charge in [0.15, 0.2) is 11.6 Å². The van der Waals surface area contributed by atoms with E-state index in [0.717, 1.165) is 0 Å². The number of ketones is 2. The molecule has 0 aliphatic carbocycles. The number of hydrogen-bond donors (Lipinski definition) is 3. The molecule has 0 heterocycles. The molecule has 0 bridgehead atoms. The standard InChI is InChI=1S/C29H24O7/c30-21(17-35-22-12-10-20(11-13-22)29(34)24-8-4-5-9-26(24)31)18-36-23-14-15-25(27(32)16-23)28(33)19-6-2-1-3-7-19/h1-16,21,30-32H,17-18H2/t21-/m0/s1. The highest BCUT2D eigenvalue weighted by molar-refractivity contribution is 6.11. The van der Waals surface area contributed by atoms with E-state index in [1.165, 1.54) is 18.2 Å². The molecule has 0 saturated carbocycles. The third kappa shape index (κ3) is 5.89. The van der Waals surface area contributed by atoms with Crippen LogP contribution in [0.1, 0.15) is 31.8 Å². The first-order valence-corrected chi connectivity index (χ1v) is 11.2. The van der Waals surface area contributed by atoms with Crippen LogP contribution in [0.25, 0.3) is 0 Å². The molecule has 0 amide bonds. The Labute approximate surface area is 207 Å². The van der Waals surface area contributed by atoms with Crippen LogP contribution in [0, 0.1) is 0 Å². The number of aliphatic hydroxyl groups excluding tert-OH is 1. The lowest BCUT2D eigenvalue weighted by molar-refractivity contribution is 0.0625. The lowest BCUT2D eigenvalue weighted by Crippen LogP contribution is -2.25. The molecule has 3 N–H and O–H groups in total. The van der Waals surface area contributed by atoms with Crippen molar-refractivity contribution < 1.29 is 34.4 Å². The van der Waals surface area contributed by atoms with Crippen LogP contribution in [0.5, 0.6) is 23.0 Å². The van der Waals surface area contributed by atoms with Crippen molar-refractivity contribution in [2.45, 2.75) is 6.10 Å². The Morgan fingerprint density at radius 1 is 0.611 bits per heavy atom. The van der Waals surface area contributed by atoms with E-state index in [0.29, 0.717) is 22.6 Å². The van der Waals surface area contributed by atoms with Crippen LogP contribution in [-0.4, -0.2) is 46.2 Å². The first kappa shape index (κ1) is 24.5. The Balaban J connectivity index is 1.28. The van der Waals surface area contributed by atoms with Gasteiger partial charge in [0.05, 0.1) is 11.1 Å². The SMILES string of the molecule is O=C(c1ccc(OC[C@H](O)COc2ccc(C(=O)c3ccccc3)c(O)c2)cc1)c1ccccc1O. The summed E-state index contributed by atoms with van der Waals surface area (Å²) in [5.74, 6) is -0.177. The van der Waals surface area contributed by atoms with E-state index in [2.05, 4.69) is 0 Å². The molecule has 1 atom stereocenters. The maximum atomic E-state index is 12.5. The number of carbonyl (C=O) groups excluding carboxylic acids is 2. The van der Waals surface area contributed by atoms with Gasteiger partial charge in [0.2, 0.25) is 0 Å². The van der Waals surface area contributed by atoms with Crippen molar-refractivity contribution in [3.8, 4) is 23.0 Å². The molecular weight excluding hydrogens is 460 g/mol. The summed E-state index contributed by atoms with van der Waals surface area (Å²) in [4.78, 5) is 25.0. The van der Waals surface area contributed by atoms with Crippen LogP contribution < -0.4 is 9.47 Å². The number of phenols is 2. The molecule has 7 heteroatoms. The maximum Gasteiger partial charge on any atom is 0.196 e. The van der Waals surface area contributed by atoms with Crippen molar-refractivity contribution in [3.63, 3.8) is 0 Å². The second kappa shape index (κ2) is 11.2. The minimum absolute atomic E-state index is 0.0661. The Kier molecular flexibility index (Phi) is 7.63. The Bertz CT molecular complexity index is 1350. The largest absolute Gasteiger partial charge is 0.507 e. The Hall–Kier alpha value is -4.62. The number of aromatic hydroxyl groups is 2. The van der Waals surface area contributed by atoms with Crippen molar-refractivity contribution in [3.05, 3.63) is 119 Å². The number of hydrogen-bond acceptors (Lipinski definition) is 7. The molecule has 182 valence electrons. The van der Waals surface area contributed by atoms with E-state index in [-0.39, 0.29) is 47.4 Å². The third-order valence-electron chi connectivity index (χ3n) is 5.40. The van der Waals surface area contributed by atoms with Gasteiger partial charge in [0.1, 0.15) is 42.3 Å². The summed E-state index contributed by atoms with van der Waals surface area (Å²) >= 11 is 0. The molecule has 4 aromatic rings. The number of phenolic OH excluding ortho intramolecular Hbond substituents is 2. The van der Waals surface area contributed by atoms with Crippen LogP contribution in [0.2, 0.25) is 0 Å². The van der Waals surface area contributed by atoms with E-state index in [1.54, 1.807) is 78.9 Å². The van der Waals surface area contributed by atoms with Crippen LogP contribution in [-0.2, 0) is 0 Å². The molecule has 0 spiro atoms. The lowest BCUT2D eigenvalue weighted by atomic mass is 10.0. The average molecular weight is 485 g/mol. The van der Waals surface area contributed by atoms with Crippen LogP contribution >= 0.6 is 0 Å². The van der Waals surface area contributed by atoms with Crippen molar-refractivity contribution >= 4 is 11.6 Å². The zero-order chi connectivity index (χ0) is 25.5. The number of benzene rings is 4. The van der Waals surface area contributed by atoms with Crippen molar-refractivity contribution in [2.24, 2.45) is 0 Å². The fraction of sp³-hybridized carbons (Fsp3) is 0.103. The Morgan fingerprint density at radius 2 is 1.14 bits per heavy atom. The molecule has 0 radical (unpaired) electrons. The normalized spacial score (nSPS) is 11.5. The van der Waals surface area contributed by atoms with E-state index in [1.807, 2.05) is 0 Å². The summed E-state index contributed by atoms with van der Waals surface area (Å²) in [7, 11) is 0. The second-order valence-electron chi connectivity index (χ2n) is 8.02. The van der Waals surface area contributed by atoms with Crippen molar-refractivity contribution in [2.75, 3.05) is 13.2 Å². The lowest BCUT2D eigenvalue weighted by Gasteiger charge is -2.14. The van der Waals surface area contributed by atoms with Gasteiger partial charge in [-0.2, -0.15) is 0 Å². The quantitative estimate of drug-likeness (QED) is 0.286. The van der Waals surface area contributed by atoms with Crippen LogP contribution in [0.4, 0.5) is 0 Å². The number of ether oxygens (including phenoxy) is 2. The summed E-state index contributed by atoms with van der Waals surface area (Å²) in [5.41, 5.74) is 1.22. The molecule has 0 fully saturated rings. The predicted molar refractivity (Wildman–Crippen MR) is 133 cm³/mol. The summed E-state index contributed by atoms with van der Waals surface area (Å²) in [6.07, 6.45) is -0.972. The highest BCUT2D eigenvalue weighted by atomic mass is 16.5.